The third kappa shape index (κ3) is 4.27. The Morgan fingerprint density at radius 2 is 0.818 bits per heavy atom. The first-order valence-electron chi connectivity index (χ1n) is 8.03. The van der Waals surface area contributed by atoms with Crippen molar-refractivity contribution in [2.45, 2.75) is 19.3 Å². The Bertz CT molecular complexity index is 971. The van der Waals surface area contributed by atoms with Gasteiger partial charge in [0.25, 0.3) is 0 Å². The Hall–Kier alpha value is -2.07. The van der Waals surface area contributed by atoms with E-state index < -0.39 is 94.6 Å². The van der Waals surface area contributed by atoms with Crippen molar-refractivity contribution in [1.82, 2.24) is 0 Å². The minimum Gasteiger partial charge on any atom is -0.397 e. The summed E-state index contributed by atoms with van der Waals surface area (Å²) >= 11 is 5.66. The van der Waals surface area contributed by atoms with Gasteiger partial charge in [-0.05, 0) is 6.92 Å². The Morgan fingerprint density at radius 3 is 1.00 bits per heavy atom. The number of alkyl halides is 6. The first-order chi connectivity index (χ1) is 14.8. The molecule has 0 saturated heterocycles. The predicted octanol–water partition coefficient (Wildman–Crippen LogP) is 5.67. The molecule has 2 rings (SSSR count). The van der Waals surface area contributed by atoms with E-state index in [1.54, 1.807) is 0 Å². The van der Waals surface area contributed by atoms with E-state index in [0.717, 1.165) is 6.92 Å². The number of rotatable bonds is 4. The fraction of sp³-hybridized carbons (Fsp3) is 0.250. The number of halogens is 15. The van der Waals surface area contributed by atoms with E-state index in [9.17, 15) is 61.5 Å². The zero-order valence-corrected chi connectivity index (χ0v) is 17.0. The second-order valence-electron chi connectivity index (χ2n) is 6.04. The highest BCUT2D eigenvalue weighted by Gasteiger charge is 2.54. The molecule has 0 amide bonds. The van der Waals surface area contributed by atoms with Crippen molar-refractivity contribution in [3.05, 3.63) is 57.7 Å². The molecule has 17 heteroatoms. The van der Waals surface area contributed by atoms with E-state index in [1.807, 2.05) is 0 Å². The van der Waals surface area contributed by atoms with E-state index in [-0.39, 0.29) is 0 Å². The number of benzene rings is 2. The summed E-state index contributed by atoms with van der Waals surface area (Å²) in [4.78, 5) is 0. The van der Waals surface area contributed by atoms with Crippen LogP contribution in [0.2, 0.25) is 0 Å². The summed E-state index contributed by atoms with van der Waals surface area (Å²) in [6.45, 7) is -0.147. The molecule has 0 aromatic heterocycles. The molecule has 0 aliphatic rings. The molecule has 0 atom stereocenters. The van der Waals surface area contributed by atoms with Crippen LogP contribution < -0.4 is 10.4 Å². The van der Waals surface area contributed by atoms with E-state index in [2.05, 4.69) is 4.43 Å². The molecule has 0 heterocycles. The second kappa shape index (κ2) is 8.61. The van der Waals surface area contributed by atoms with Crippen LogP contribution in [0, 0.1) is 46.5 Å². The van der Waals surface area contributed by atoms with Crippen molar-refractivity contribution in [1.29, 1.82) is 0 Å². The number of hydrogen-bond acceptors (Lipinski definition) is 1. The Kier molecular flexibility index (Phi) is 7.09. The number of hydrogen-bond donors (Lipinski definition) is 0. The largest absolute Gasteiger partial charge is 0.422 e. The van der Waals surface area contributed by atoms with Gasteiger partial charge in [-0.15, -0.1) is 11.1 Å². The minimum absolute atomic E-state index is 0.851. The Balaban J connectivity index is 3.09. The van der Waals surface area contributed by atoms with Gasteiger partial charge in [0.1, 0.15) is 11.1 Å². The van der Waals surface area contributed by atoms with Crippen LogP contribution >= 0.6 is 11.1 Å². The summed E-state index contributed by atoms with van der Waals surface area (Å²) in [5.41, 5.74) is -6.26. The van der Waals surface area contributed by atoms with Crippen molar-refractivity contribution >= 4 is 29.1 Å². The third-order valence-corrected chi connectivity index (χ3v) is 8.39. The standard InChI is InChI=1S/C16H5ClF14OSi/c1-2-32-33(17,13-9(22)5(18)3(15(26,27)28)6(19)10(13)23)14-11(24)7(20)4(16(29,30)31)8(21)12(14)25/h2H2,1H3. The summed E-state index contributed by atoms with van der Waals surface area (Å²) in [7, 11) is -6.19. The SMILES string of the molecule is CCO[Si](Cl)(c1c(F)c(F)c(C(F)(F)F)c(F)c1F)c1c(F)c(F)c(C(F)(F)F)c(F)c1F. The quantitative estimate of drug-likeness (QED) is 0.209. The summed E-state index contributed by atoms with van der Waals surface area (Å²) in [6.07, 6.45) is -12.1. The van der Waals surface area contributed by atoms with Gasteiger partial charge >= 0.3 is 20.0 Å². The topological polar surface area (TPSA) is 9.23 Å². The lowest BCUT2D eigenvalue weighted by molar-refractivity contribution is -0.144. The van der Waals surface area contributed by atoms with Crippen LogP contribution in [0.3, 0.4) is 0 Å². The molecule has 2 aromatic carbocycles. The van der Waals surface area contributed by atoms with Gasteiger partial charge in [0, 0.05) is 6.61 Å². The Labute approximate surface area is 179 Å². The fourth-order valence-corrected chi connectivity index (χ4v) is 6.62. The summed E-state index contributed by atoms with van der Waals surface area (Å²) in [5, 5.41) is -4.85. The second-order valence-corrected chi connectivity index (χ2v) is 10.1. The molecule has 0 aliphatic heterocycles. The van der Waals surface area contributed by atoms with Gasteiger partial charge in [-0.2, -0.15) is 26.3 Å². The highest BCUT2D eigenvalue weighted by molar-refractivity contribution is 7.30. The van der Waals surface area contributed by atoms with Gasteiger partial charge in [-0.1, -0.05) is 0 Å². The minimum atomic E-state index is -6.19. The van der Waals surface area contributed by atoms with Crippen molar-refractivity contribution in [3.8, 4) is 0 Å². The maximum absolute atomic E-state index is 14.4. The van der Waals surface area contributed by atoms with Gasteiger partial charge in [0.2, 0.25) is 0 Å². The normalized spacial score (nSPS) is 13.1. The highest BCUT2D eigenvalue weighted by atomic mass is 35.6. The molecule has 0 saturated carbocycles. The average Bonchev–Trinajstić information content (AvgIpc) is 2.63. The van der Waals surface area contributed by atoms with Crippen LogP contribution in [0.4, 0.5) is 61.5 Å². The van der Waals surface area contributed by atoms with Gasteiger partial charge < -0.3 is 4.43 Å². The van der Waals surface area contributed by atoms with Crippen LogP contribution in [0.5, 0.6) is 0 Å². The molecule has 0 bridgehead atoms. The van der Waals surface area contributed by atoms with Crippen LogP contribution in [-0.4, -0.2) is 14.2 Å². The van der Waals surface area contributed by atoms with E-state index in [4.69, 9.17) is 11.1 Å². The molecule has 2 aromatic rings. The third-order valence-electron chi connectivity index (χ3n) is 4.08. The maximum Gasteiger partial charge on any atom is 0.422 e. The van der Waals surface area contributed by atoms with Gasteiger partial charge in [0.15, 0.2) is 46.5 Å². The fourth-order valence-electron chi connectivity index (χ4n) is 2.79. The lowest BCUT2D eigenvalue weighted by Crippen LogP contribution is -2.62. The molecule has 0 aliphatic carbocycles. The molecule has 0 unspecified atom stereocenters. The monoisotopic (exact) mass is 542 g/mol. The average molecular weight is 543 g/mol. The molecular formula is C16H5ClF14OSi. The summed E-state index contributed by atoms with van der Waals surface area (Å²) in [6, 6.07) is 0. The van der Waals surface area contributed by atoms with Crippen LogP contribution in [-0.2, 0) is 16.8 Å². The molecule has 0 fully saturated rings. The molecule has 0 radical (unpaired) electrons. The molecular weight excluding hydrogens is 538 g/mol. The van der Waals surface area contributed by atoms with Crippen molar-refractivity contribution in [2.75, 3.05) is 6.61 Å². The van der Waals surface area contributed by atoms with Gasteiger partial charge in [-0.25, -0.2) is 35.1 Å². The molecule has 33 heavy (non-hydrogen) atoms. The molecule has 0 N–H and O–H groups in total. The summed E-state index contributed by atoms with van der Waals surface area (Å²) in [5.74, 6) is -24.7. The van der Waals surface area contributed by atoms with E-state index >= 15 is 0 Å². The zero-order chi connectivity index (χ0) is 25.8. The lowest BCUT2D eigenvalue weighted by atomic mass is 10.1. The van der Waals surface area contributed by atoms with Crippen molar-refractivity contribution in [2.24, 2.45) is 0 Å². The van der Waals surface area contributed by atoms with E-state index in [0.29, 0.717) is 0 Å². The van der Waals surface area contributed by atoms with Crippen LogP contribution in [0.25, 0.3) is 0 Å². The molecule has 1 nitrogen and oxygen atoms in total. The Morgan fingerprint density at radius 1 is 0.576 bits per heavy atom. The first-order valence-corrected chi connectivity index (χ1v) is 11.0. The van der Waals surface area contributed by atoms with Gasteiger partial charge in [-0.3, -0.25) is 0 Å². The van der Waals surface area contributed by atoms with Crippen LogP contribution in [0.1, 0.15) is 18.1 Å². The van der Waals surface area contributed by atoms with Crippen molar-refractivity contribution < 1.29 is 65.9 Å². The van der Waals surface area contributed by atoms with Gasteiger partial charge in [0.05, 0.1) is 10.4 Å². The smallest absolute Gasteiger partial charge is 0.397 e. The first kappa shape index (κ1) is 27.2. The summed E-state index contributed by atoms with van der Waals surface area (Å²) < 4.78 is 195. The van der Waals surface area contributed by atoms with Crippen LogP contribution in [0.15, 0.2) is 0 Å². The lowest BCUT2D eigenvalue weighted by Gasteiger charge is -2.28. The molecule has 184 valence electrons. The van der Waals surface area contributed by atoms with Crippen molar-refractivity contribution in [3.63, 3.8) is 0 Å². The zero-order valence-electron chi connectivity index (χ0n) is 15.3. The maximum atomic E-state index is 14.4. The van der Waals surface area contributed by atoms with E-state index in [1.165, 1.54) is 0 Å². The predicted molar refractivity (Wildman–Crippen MR) is 85.1 cm³/mol. The highest BCUT2D eigenvalue weighted by Crippen LogP contribution is 2.38. The molecule has 0 spiro atoms.